The highest BCUT2D eigenvalue weighted by molar-refractivity contribution is 5.85. The molecule has 1 aliphatic rings. The van der Waals surface area contributed by atoms with E-state index in [0.29, 0.717) is 19.4 Å². The molecule has 1 aliphatic carbocycles. The highest BCUT2D eigenvalue weighted by atomic mass is 16.4. The summed E-state index contributed by atoms with van der Waals surface area (Å²) in [7, 11) is 0. The lowest BCUT2D eigenvalue weighted by Gasteiger charge is -2.24. The number of nitrogens with one attached hydrogen (secondary N) is 1. The molecule has 1 amide bonds. The van der Waals surface area contributed by atoms with Crippen molar-refractivity contribution in [1.82, 2.24) is 5.32 Å². The number of carbonyl (C=O) groups excluding carboxylic acids is 1. The number of carboxylic acids is 1. The highest BCUT2D eigenvalue weighted by Gasteiger charge is 2.33. The molecule has 0 heterocycles. The fraction of sp³-hybridized carbons (Fsp3) is 0.714. The first-order valence-corrected chi connectivity index (χ1v) is 6.82. The van der Waals surface area contributed by atoms with Crippen molar-refractivity contribution in [2.75, 3.05) is 6.54 Å². The second-order valence-corrected chi connectivity index (χ2v) is 4.85. The molecule has 18 heavy (non-hydrogen) atoms. The van der Waals surface area contributed by atoms with E-state index in [9.17, 15) is 9.59 Å². The summed E-state index contributed by atoms with van der Waals surface area (Å²) < 4.78 is 0. The number of carboxylic acid groups (broad SMARTS) is 1. The van der Waals surface area contributed by atoms with Gasteiger partial charge in [0.25, 0.3) is 0 Å². The van der Waals surface area contributed by atoms with E-state index in [4.69, 9.17) is 5.11 Å². The Bertz CT molecular complexity index is 312. The molecule has 0 unspecified atom stereocenters. The van der Waals surface area contributed by atoms with Gasteiger partial charge in [-0.25, -0.2) is 0 Å². The second kappa shape index (κ2) is 7.90. The number of hydrogen-bond acceptors (Lipinski definition) is 2. The number of unbranched alkanes of at least 4 members (excludes halogenated alkanes) is 3. The average Bonchev–Trinajstić information content (AvgIpc) is 2.38. The van der Waals surface area contributed by atoms with E-state index in [1.54, 1.807) is 0 Å². The maximum Gasteiger partial charge on any atom is 0.307 e. The van der Waals surface area contributed by atoms with Crippen LogP contribution in [-0.4, -0.2) is 23.5 Å². The van der Waals surface area contributed by atoms with Gasteiger partial charge in [0.15, 0.2) is 0 Å². The molecule has 2 atom stereocenters. The number of rotatable bonds is 7. The first kappa shape index (κ1) is 14.7. The second-order valence-electron chi connectivity index (χ2n) is 4.85. The van der Waals surface area contributed by atoms with E-state index in [1.807, 2.05) is 12.2 Å². The van der Waals surface area contributed by atoms with Gasteiger partial charge < -0.3 is 10.4 Å². The summed E-state index contributed by atoms with van der Waals surface area (Å²) in [6.07, 6.45) is 9.19. The average molecular weight is 253 g/mol. The van der Waals surface area contributed by atoms with Crippen LogP contribution in [-0.2, 0) is 9.59 Å². The van der Waals surface area contributed by atoms with Gasteiger partial charge >= 0.3 is 5.97 Å². The molecule has 0 saturated carbocycles. The zero-order valence-corrected chi connectivity index (χ0v) is 11.0. The SMILES string of the molecule is CCCCCCNC(=O)[C@H]1CC=CC[C@H]1C(=O)O. The van der Waals surface area contributed by atoms with Gasteiger partial charge in [0.1, 0.15) is 0 Å². The molecule has 0 saturated heterocycles. The van der Waals surface area contributed by atoms with Crippen LogP contribution in [0.15, 0.2) is 12.2 Å². The fourth-order valence-electron chi connectivity index (χ4n) is 2.27. The monoisotopic (exact) mass is 253 g/mol. The Morgan fingerprint density at radius 2 is 1.83 bits per heavy atom. The summed E-state index contributed by atoms with van der Waals surface area (Å²) in [5, 5.41) is 11.9. The normalized spacial score (nSPS) is 22.7. The number of carbonyl (C=O) groups is 2. The Balaban J connectivity index is 2.35. The molecule has 0 radical (unpaired) electrons. The predicted octanol–water partition coefficient (Wildman–Crippen LogP) is 2.35. The molecule has 2 N–H and O–H groups in total. The summed E-state index contributed by atoms with van der Waals surface area (Å²) in [6, 6.07) is 0. The van der Waals surface area contributed by atoms with E-state index in [1.165, 1.54) is 12.8 Å². The molecule has 1 rings (SSSR count). The van der Waals surface area contributed by atoms with Gasteiger partial charge in [-0.15, -0.1) is 0 Å². The number of amides is 1. The number of hydrogen-bond donors (Lipinski definition) is 2. The van der Waals surface area contributed by atoms with Gasteiger partial charge in [-0.05, 0) is 19.3 Å². The first-order valence-electron chi connectivity index (χ1n) is 6.82. The maximum absolute atomic E-state index is 11.9. The van der Waals surface area contributed by atoms with Crippen molar-refractivity contribution in [3.63, 3.8) is 0 Å². The number of aliphatic carboxylic acids is 1. The molecule has 102 valence electrons. The van der Waals surface area contributed by atoms with Crippen LogP contribution in [0.5, 0.6) is 0 Å². The van der Waals surface area contributed by atoms with Crippen molar-refractivity contribution in [2.45, 2.75) is 45.4 Å². The Morgan fingerprint density at radius 1 is 1.17 bits per heavy atom. The standard InChI is InChI=1S/C14H23NO3/c1-2-3-4-7-10-15-13(16)11-8-5-6-9-12(11)14(17)18/h5-6,11-12H,2-4,7-10H2,1H3,(H,15,16)(H,17,18)/t11-,12+/m0/s1. The van der Waals surface area contributed by atoms with Gasteiger partial charge in [0.2, 0.25) is 5.91 Å². The first-order chi connectivity index (χ1) is 8.66. The fourth-order valence-corrected chi connectivity index (χ4v) is 2.27. The maximum atomic E-state index is 11.9. The minimum absolute atomic E-state index is 0.108. The number of allylic oxidation sites excluding steroid dienone is 2. The van der Waals surface area contributed by atoms with E-state index < -0.39 is 17.8 Å². The lowest BCUT2D eigenvalue weighted by Crippen LogP contribution is -2.39. The van der Waals surface area contributed by atoms with Crippen LogP contribution in [0.25, 0.3) is 0 Å². The lowest BCUT2D eigenvalue weighted by molar-refractivity contribution is -0.147. The zero-order chi connectivity index (χ0) is 13.4. The van der Waals surface area contributed by atoms with Crippen molar-refractivity contribution >= 4 is 11.9 Å². The Labute approximate surface area is 108 Å². The van der Waals surface area contributed by atoms with Crippen molar-refractivity contribution in [1.29, 1.82) is 0 Å². The molecule has 4 heteroatoms. The minimum Gasteiger partial charge on any atom is -0.481 e. The summed E-state index contributed by atoms with van der Waals surface area (Å²) >= 11 is 0. The third-order valence-corrected chi connectivity index (χ3v) is 3.42. The molecule has 0 aromatic carbocycles. The van der Waals surface area contributed by atoms with Gasteiger partial charge in [0.05, 0.1) is 11.8 Å². The minimum atomic E-state index is -0.870. The molecule has 0 aromatic heterocycles. The van der Waals surface area contributed by atoms with Gasteiger partial charge in [0, 0.05) is 6.54 Å². The summed E-state index contributed by atoms with van der Waals surface area (Å²) in [5.41, 5.74) is 0. The molecule has 0 bridgehead atoms. The van der Waals surface area contributed by atoms with Crippen LogP contribution in [0.3, 0.4) is 0 Å². The largest absolute Gasteiger partial charge is 0.481 e. The molecular formula is C14H23NO3. The van der Waals surface area contributed by atoms with Crippen LogP contribution in [0.4, 0.5) is 0 Å². The molecular weight excluding hydrogens is 230 g/mol. The highest BCUT2D eigenvalue weighted by Crippen LogP contribution is 2.25. The van der Waals surface area contributed by atoms with Crippen LogP contribution in [0.1, 0.15) is 45.4 Å². The third-order valence-electron chi connectivity index (χ3n) is 3.42. The van der Waals surface area contributed by atoms with Crippen LogP contribution in [0.2, 0.25) is 0 Å². The van der Waals surface area contributed by atoms with E-state index in [0.717, 1.165) is 12.8 Å². The van der Waals surface area contributed by atoms with Gasteiger partial charge in [-0.1, -0.05) is 38.3 Å². The summed E-state index contributed by atoms with van der Waals surface area (Å²) in [6.45, 7) is 2.80. The summed E-state index contributed by atoms with van der Waals surface area (Å²) in [4.78, 5) is 23.0. The Morgan fingerprint density at radius 3 is 2.44 bits per heavy atom. The Kier molecular flexibility index (Phi) is 6.47. The predicted molar refractivity (Wildman–Crippen MR) is 70.1 cm³/mol. The van der Waals surface area contributed by atoms with Crippen molar-refractivity contribution < 1.29 is 14.7 Å². The van der Waals surface area contributed by atoms with Crippen LogP contribution >= 0.6 is 0 Å². The third kappa shape index (κ3) is 4.51. The van der Waals surface area contributed by atoms with Gasteiger partial charge in [-0.3, -0.25) is 9.59 Å². The molecule has 0 spiro atoms. The lowest BCUT2D eigenvalue weighted by atomic mass is 9.82. The summed E-state index contributed by atoms with van der Waals surface area (Å²) in [5.74, 6) is -1.95. The molecule has 0 aromatic rings. The van der Waals surface area contributed by atoms with E-state index in [2.05, 4.69) is 12.2 Å². The quantitative estimate of drug-likeness (QED) is 0.540. The molecule has 4 nitrogen and oxygen atoms in total. The van der Waals surface area contributed by atoms with Crippen molar-refractivity contribution in [2.24, 2.45) is 11.8 Å². The van der Waals surface area contributed by atoms with Crippen LogP contribution in [0, 0.1) is 11.8 Å². The molecule has 0 fully saturated rings. The Hall–Kier alpha value is -1.32. The smallest absolute Gasteiger partial charge is 0.307 e. The zero-order valence-electron chi connectivity index (χ0n) is 11.0. The van der Waals surface area contributed by atoms with Crippen molar-refractivity contribution in [3.05, 3.63) is 12.2 Å². The van der Waals surface area contributed by atoms with E-state index in [-0.39, 0.29) is 5.91 Å². The topological polar surface area (TPSA) is 66.4 Å². The van der Waals surface area contributed by atoms with E-state index >= 15 is 0 Å². The van der Waals surface area contributed by atoms with Gasteiger partial charge in [-0.2, -0.15) is 0 Å². The van der Waals surface area contributed by atoms with Crippen LogP contribution < -0.4 is 5.32 Å². The molecule has 0 aliphatic heterocycles. The van der Waals surface area contributed by atoms with Crippen molar-refractivity contribution in [3.8, 4) is 0 Å².